The van der Waals surface area contributed by atoms with Crippen LogP contribution in [0.1, 0.15) is 21.7 Å². The molecule has 0 radical (unpaired) electrons. The third-order valence-corrected chi connectivity index (χ3v) is 4.63. The van der Waals surface area contributed by atoms with Gasteiger partial charge in [-0.1, -0.05) is 17.7 Å². The van der Waals surface area contributed by atoms with Crippen LogP contribution in [0.15, 0.2) is 48.8 Å². The molecule has 3 rings (SSSR count). The normalized spacial score (nSPS) is 10.7. The highest BCUT2D eigenvalue weighted by Gasteiger charge is 2.19. The third-order valence-electron chi connectivity index (χ3n) is 4.33. The van der Waals surface area contributed by atoms with E-state index in [4.69, 9.17) is 21.1 Å². The number of amides is 1. The van der Waals surface area contributed by atoms with Gasteiger partial charge in [0.1, 0.15) is 6.61 Å². The van der Waals surface area contributed by atoms with Crippen LogP contribution in [0.2, 0.25) is 5.02 Å². The van der Waals surface area contributed by atoms with Gasteiger partial charge in [-0.2, -0.15) is 0 Å². The zero-order valence-corrected chi connectivity index (χ0v) is 16.8. The molecule has 0 aliphatic rings. The lowest BCUT2D eigenvalue weighted by molar-refractivity contribution is 0.102. The smallest absolute Gasteiger partial charge is 0.257 e. The van der Waals surface area contributed by atoms with E-state index in [-0.39, 0.29) is 5.91 Å². The van der Waals surface area contributed by atoms with Crippen molar-refractivity contribution in [1.82, 2.24) is 9.55 Å². The first-order valence-electron chi connectivity index (χ1n) is 8.84. The molecule has 1 amide bonds. The number of aromatic nitrogens is 2. The van der Waals surface area contributed by atoms with Crippen molar-refractivity contribution in [3.8, 4) is 11.4 Å². The molecule has 1 N–H and O–H groups in total. The van der Waals surface area contributed by atoms with E-state index in [0.717, 1.165) is 17.1 Å². The largest absolute Gasteiger partial charge is 0.487 e. The monoisotopic (exact) mass is 399 g/mol. The molecule has 2 heterocycles. The topological polar surface area (TPSA) is 65.4 Å². The lowest BCUT2D eigenvalue weighted by Crippen LogP contribution is -2.15. The number of ether oxygens (including phenoxy) is 2. The Morgan fingerprint density at radius 1 is 1.21 bits per heavy atom. The van der Waals surface area contributed by atoms with Crippen molar-refractivity contribution in [2.24, 2.45) is 0 Å². The van der Waals surface area contributed by atoms with Crippen molar-refractivity contribution in [2.75, 3.05) is 25.6 Å². The maximum atomic E-state index is 13.0. The molecule has 28 heavy (non-hydrogen) atoms. The number of carbonyl (C=O) groups excluding carboxylic acids is 1. The predicted octanol–water partition coefficient (Wildman–Crippen LogP) is 4.42. The number of nitrogens with zero attached hydrogens (tertiary/aromatic N) is 2. The van der Waals surface area contributed by atoms with Gasteiger partial charge in [-0.25, -0.2) is 0 Å². The molecule has 2 aromatic heterocycles. The number of carbonyl (C=O) groups is 1. The minimum Gasteiger partial charge on any atom is -0.487 e. The van der Waals surface area contributed by atoms with E-state index in [1.807, 2.05) is 36.6 Å². The van der Waals surface area contributed by atoms with Gasteiger partial charge in [0.15, 0.2) is 5.75 Å². The number of benzene rings is 1. The van der Waals surface area contributed by atoms with Crippen LogP contribution in [0.4, 0.5) is 5.69 Å². The zero-order valence-electron chi connectivity index (χ0n) is 16.0. The predicted molar refractivity (Wildman–Crippen MR) is 110 cm³/mol. The zero-order chi connectivity index (χ0) is 20.1. The first-order valence-corrected chi connectivity index (χ1v) is 9.21. The Bertz CT molecular complexity index is 971. The molecule has 0 saturated heterocycles. The second kappa shape index (κ2) is 8.91. The van der Waals surface area contributed by atoms with Gasteiger partial charge in [0.05, 0.1) is 34.8 Å². The van der Waals surface area contributed by atoms with Gasteiger partial charge < -0.3 is 19.4 Å². The van der Waals surface area contributed by atoms with E-state index < -0.39 is 0 Å². The Morgan fingerprint density at radius 3 is 2.75 bits per heavy atom. The highest BCUT2D eigenvalue weighted by Crippen LogP contribution is 2.33. The van der Waals surface area contributed by atoms with Crippen molar-refractivity contribution in [1.29, 1.82) is 0 Å². The van der Waals surface area contributed by atoms with E-state index >= 15 is 0 Å². The Morgan fingerprint density at radius 2 is 2.04 bits per heavy atom. The van der Waals surface area contributed by atoms with Gasteiger partial charge in [-0.05, 0) is 44.2 Å². The molecule has 0 fully saturated rings. The average molecular weight is 400 g/mol. The Labute approximate surface area is 169 Å². The summed E-state index contributed by atoms with van der Waals surface area (Å²) in [4.78, 5) is 17.1. The summed E-state index contributed by atoms with van der Waals surface area (Å²) in [5.74, 6) is 0.192. The fourth-order valence-electron chi connectivity index (χ4n) is 3.05. The van der Waals surface area contributed by atoms with E-state index in [1.165, 1.54) is 0 Å². The van der Waals surface area contributed by atoms with Gasteiger partial charge in [-0.15, -0.1) is 0 Å². The number of methoxy groups -OCH3 is 1. The van der Waals surface area contributed by atoms with Crippen molar-refractivity contribution in [3.63, 3.8) is 0 Å². The summed E-state index contributed by atoms with van der Waals surface area (Å²) < 4.78 is 12.7. The van der Waals surface area contributed by atoms with Crippen molar-refractivity contribution < 1.29 is 14.3 Å². The SMILES string of the molecule is COCCOc1c(Cl)cccc1NC(=O)c1cc(C)n(-c2cccnc2)c1C. The van der Waals surface area contributed by atoms with E-state index in [0.29, 0.717) is 35.2 Å². The maximum Gasteiger partial charge on any atom is 0.257 e. The Balaban J connectivity index is 1.88. The van der Waals surface area contributed by atoms with Crippen LogP contribution in [-0.4, -0.2) is 35.8 Å². The summed E-state index contributed by atoms with van der Waals surface area (Å²) in [6.07, 6.45) is 3.48. The number of rotatable bonds is 7. The molecular weight excluding hydrogens is 378 g/mol. The van der Waals surface area contributed by atoms with E-state index in [2.05, 4.69) is 10.3 Å². The third kappa shape index (κ3) is 4.18. The van der Waals surface area contributed by atoms with Crippen LogP contribution in [0, 0.1) is 13.8 Å². The Kier molecular flexibility index (Phi) is 6.34. The lowest BCUT2D eigenvalue weighted by atomic mass is 10.2. The molecular formula is C21H22ClN3O3. The van der Waals surface area contributed by atoms with Crippen molar-refractivity contribution >= 4 is 23.2 Å². The quantitative estimate of drug-likeness (QED) is 0.597. The number of halogens is 1. The number of aryl methyl sites for hydroxylation is 1. The molecule has 3 aromatic rings. The van der Waals surface area contributed by atoms with Gasteiger partial charge in [-0.3, -0.25) is 9.78 Å². The minimum atomic E-state index is -0.234. The molecule has 0 bridgehead atoms. The molecule has 6 nitrogen and oxygen atoms in total. The molecule has 0 spiro atoms. The highest BCUT2D eigenvalue weighted by molar-refractivity contribution is 6.32. The summed E-state index contributed by atoms with van der Waals surface area (Å²) in [6.45, 7) is 4.61. The second-order valence-electron chi connectivity index (χ2n) is 6.24. The molecule has 0 aliphatic carbocycles. The molecule has 0 atom stereocenters. The summed E-state index contributed by atoms with van der Waals surface area (Å²) in [6, 6.07) is 10.9. The van der Waals surface area contributed by atoms with Crippen LogP contribution in [-0.2, 0) is 4.74 Å². The van der Waals surface area contributed by atoms with Crippen LogP contribution in [0.3, 0.4) is 0 Å². The van der Waals surface area contributed by atoms with Gasteiger partial charge in [0.25, 0.3) is 5.91 Å². The highest BCUT2D eigenvalue weighted by atomic mass is 35.5. The number of para-hydroxylation sites is 1. The fourth-order valence-corrected chi connectivity index (χ4v) is 3.28. The minimum absolute atomic E-state index is 0.234. The van der Waals surface area contributed by atoms with Crippen molar-refractivity contribution in [2.45, 2.75) is 13.8 Å². The summed E-state index contributed by atoms with van der Waals surface area (Å²) in [7, 11) is 1.59. The van der Waals surface area contributed by atoms with Gasteiger partial charge in [0, 0.05) is 24.7 Å². The van der Waals surface area contributed by atoms with Crippen LogP contribution in [0.5, 0.6) is 5.75 Å². The summed E-state index contributed by atoms with van der Waals surface area (Å²) >= 11 is 6.25. The van der Waals surface area contributed by atoms with E-state index in [9.17, 15) is 4.79 Å². The van der Waals surface area contributed by atoms with Crippen LogP contribution >= 0.6 is 11.6 Å². The van der Waals surface area contributed by atoms with Crippen LogP contribution in [0.25, 0.3) is 5.69 Å². The summed E-state index contributed by atoms with van der Waals surface area (Å²) in [5.41, 5.74) is 3.76. The van der Waals surface area contributed by atoms with Gasteiger partial charge in [0.2, 0.25) is 0 Å². The number of nitrogens with one attached hydrogen (secondary N) is 1. The molecule has 7 heteroatoms. The van der Waals surface area contributed by atoms with Gasteiger partial charge >= 0.3 is 0 Å². The van der Waals surface area contributed by atoms with Crippen molar-refractivity contribution in [3.05, 3.63) is 70.8 Å². The number of hydrogen-bond acceptors (Lipinski definition) is 4. The first-order chi connectivity index (χ1) is 13.5. The maximum absolute atomic E-state index is 13.0. The standard InChI is InChI=1S/C21H22ClN3O3/c1-14-12-17(15(2)25(14)16-6-5-9-23-13-16)21(26)24-19-8-4-7-18(22)20(19)28-11-10-27-3/h4-9,12-13H,10-11H2,1-3H3,(H,24,26). The molecule has 0 aliphatic heterocycles. The van der Waals surface area contributed by atoms with E-state index in [1.54, 1.807) is 37.7 Å². The second-order valence-corrected chi connectivity index (χ2v) is 6.65. The number of anilines is 1. The number of pyridine rings is 1. The fraction of sp³-hybridized carbons (Fsp3) is 0.238. The van der Waals surface area contributed by atoms with Crippen LogP contribution < -0.4 is 10.1 Å². The molecule has 0 unspecified atom stereocenters. The lowest BCUT2D eigenvalue weighted by Gasteiger charge is -2.14. The summed E-state index contributed by atoms with van der Waals surface area (Å²) in [5, 5.41) is 3.33. The Hall–Kier alpha value is -2.83. The number of hydrogen-bond donors (Lipinski definition) is 1. The molecule has 1 aromatic carbocycles. The molecule has 0 saturated carbocycles. The molecule has 146 valence electrons. The average Bonchev–Trinajstić information content (AvgIpc) is 2.99. The first kappa shape index (κ1) is 19.9.